The number of benzene rings is 1. The summed E-state index contributed by atoms with van der Waals surface area (Å²) in [5, 5.41) is 11.7. The number of rotatable bonds is 1. The molecule has 2 unspecified atom stereocenters. The lowest BCUT2D eigenvalue weighted by Gasteiger charge is -2.24. The Balaban J connectivity index is 2.32. The third-order valence-corrected chi connectivity index (χ3v) is 2.73. The zero-order valence-corrected chi connectivity index (χ0v) is 8.97. The monoisotopic (exact) mass is 212 g/mol. The highest BCUT2D eigenvalue weighted by atomic mass is 16.2. The van der Waals surface area contributed by atoms with E-state index in [0.717, 1.165) is 11.1 Å². The molecule has 0 bridgehead atoms. The molecule has 80 valence electrons. The summed E-state index contributed by atoms with van der Waals surface area (Å²) >= 11 is 0. The second kappa shape index (κ2) is 4.19. The highest BCUT2D eigenvalue weighted by Crippen LogP contribution is 2.24. The van der Waals surface area contributed by atoms with Gasteiger partial charge in [0.05, 0.1) is 12.1 Å². The largest absolute Gasteiger partial charge is 0.344 e. The number of amides is 1. The lowest BCUT2D eigenvalue weighted by atomic mass is 9.92. The number of carbonyl (C=O) groups is 1. The molecule has 1 aliphatic rings. The first-order valence-corrected chi connectivity index (χ1v) is 5.15. The van der Waals surface area contributed by atoms with Crippen molar-refractivity contribution in [3.63, 3.8) is 0 Å². The molecule has 2 rings (SSSR count). The van der Waals surface area contributed by atoms with E-state index in [1.54, 1.807) is 0 Å². The molecule has 16 heavy (non-hydrogen) atoms. The Morgan fingerprint density at radius 1 is 1.31 bits per heavy atom. The molecular formula is C13H12N2O. The van der Waals surface area contributed by atoms with Crippen LogP contribution in [0.1, 0.15) is 18.5 Å². The van der Waals surface area contributed by atoms with Crippen molar-refractivity contribution in [3.8, 4) is 6.07 Å². The van der Waals surface area contributed by atoms with E-state index in [1.807, 2.05) is 49.4 Å². The van der Waals surface area contributed by atoms with Gasteiger partial charge in [-0.15, -0.1) is 0 Å². The standard InChI is InChI=1S/C13H12N2O/c1-9-7-12(10-5-3-2-4-6-10)15-13(16)11(9)8-14/h2-7,11-12H,1H3,(H,15,16). The van der Waals surface area contributed by atoms with E-state index in [4.69, 9.17) is 5.26 Å². The van der Waals surface area contributed by atoms with E-state index >= 15 is 0 Å². The van der Waals surface area contributed by atoms with E-state index in [1.165, 1.54) is 0 Å². The van der Waals surface area contributed by atoms with Gasteiger partial charge in [-0.3, -0.25) is 4.79 Å². The summed E-state index contributed by atoms with van der Waals surface area (Å²) in [6, 6.07) is 11.6. The third kappa shape index (κ3) is 1.82. The Bertz CT molecular complexity index is 470. The van der Waals surface area contributed by atoms with Gasteiger partial charge in [0.15, 0.2) is 0 Å². The van der Waals surface area contributed by atoms with Crippen molar-refractivity contribution in [2.75, 3.05) is 0 Å². The smallest absolute Gasteiger partial charge is 0.242 e. The van der Waals surface area contributed by atoms with Crippen LogP contribution in [0.15, 0.2) is 42.0 Å². The third-order valence-electron chi connectivity index (χ3n) is 2.73. The molecule has 0 saturated heterocycles. The second-order valence-corrected chi connectivity index (χ2v) is 3.87. The molecule has 1 N–H and O–H groups in total. The van der Waals surface area contributed by atoms with E-state index < -0.39 is 5.92 Å². The molecule has 1 aromatic rings. The first-order valence-electron chi connectivity index (χ1n) is 5.15. The minimum absolute atomic E-state index is 0.113. The molecule has 3 heteroatoms. The topological polar surface area (TPSA) is 52.9 Å². The Morgan fingerprint density at radius 3 is 2.56 bits per heavy atom. The van der Waals surface area contributed by atoms with Gasteiger partial charge < -0.3 is 5.32 Å². The molecule has 3 nitrogen and oxygen atoms in total. The van der Waals surface area contributed by atoms with Gasteiger partial charge in [-0.2, -0.15) is 5.26 Å². The zero-order valence-electron chi connectivity index (χ0n) is 8.97. The Kier molecular flexibility index (Phi) is 2.74. The number of nitrogens with zero attached hydrogens (tertiary/aromatic N) is 1. The van der Waals surface area contributed by atoms with Gasteiger partial charge in [-0.25, -0.2) is 0 Å². The van der Waals surface area contributed by atoms with Crippen LogP contribution >= 0.6 is 0 Å². The summed E-state index contributed by atoms with van der Waals surface area (Å²) in [6.07, 6.45) is 1.94. The summed E-state index contributed by atoms with van der Waals surface area (Å²) in [5.74, 6) is -0.851. The first-order chi connectivity index (χ1) is 7.72. The summed E-state index contributed by atoms with van der Waals surface area (Å²) in [4.78, 5) is 11.6. The maximum absolute atomic E-state index is 11.6. The summed E-state index contributed by atoms with van der Waals surface area (Å²) in [7, 11) is 0. The van der Waals surface area contributed by atoms with Crippen LogP contribution in [0, 0.1) is 17.2 Å². The van der Waals surface area contributed by atoms with Crippen LogP contribution < -0.4 is 5.32 Å². The van der Waals surface area contributed by atoms with Crippen molar-refractivity contribution in [3.05, 3.63) is 47.5 Å². The Morgan fingerprint density at radius 2 is 2.00 bits per heavy atom. The van der Waals surface area contributed by atoms with Crippen molar-refractivity contribution in [2.24, 2.45) is 5.92 Å². The molecule has 1 amide bonds. The lowest BCUT2D eigenvalue weighted by molar-refractivity contribution is -0.123. The number of nitrogens with one attached hydrogen (secondary N) is 1. The molecule has 0 aromatic heterocycles. The van der Waals surface area contributed by atoms with Crippen LogP contribution in [0.4, 0.5) is 0 Å². The molecular weight excluding hydrogens is 200 g/mol. The molecule has 0 aliphatic carbocycles. The minimum atomic E-state index is -0.639. The molecule has 1 aromatic carbocycles. The number of nitriles is 1. The zero-order chi connectivity index (χ0) is 11.5. The van der Waals surface area contributed by atoms with Crippen molar-refractivity contribution in [2.45, 2.75) is 13.0 Å². The molecule has 0 fully saturated rings. The summed E-state index contributed by atoms with van der Waals surface area (Å²) in [5.41, 5.74) is 1.85. The molecule has 1 aliphatic heterocycles. The van der Waals surface area contributed by atoms with Crippen LogP contribution in [0.3, 0.4) is 0 Å². The normalized spacial score (nSPS) is 24.2. The second-order valence-electron chi connectivity index (χ2n) is 3.87. The van der Waals surface area contributed by atoms with E-state index in [2.05, 4.69) is 5.32 Å². The van der Waals surface area contributed by atoms with E-state index in [-0.39, 0.29) is 11.9 Å². The fourth-order valence-electron chi connectivity index (χ4n) is 1.84. The first kappa shape index (κ1) is 10.4. The van der Waals surface area contributed by atoms with E-state index in [0.29, 0.717) is 0 Å². The van der Waals surface area contributed by atoms with Gasteiger partial charge in [0.25, 0.3) is 0 Å². The molecule has 0 radical (unpaired) electrons. The molecule has 2 atom stereocenters. The number of hydrogen-bond donors (Lipinski definition) is 1. The van der Waals surface area contributed by atoms with Gasteiger partial charge in [-0.05, 0) is 18.1 Å². The average molecular weight is 212 g/mol. The lowest BCUT2D eigenvalue weighted by Crippen LogP contribution is -2.37. The molecule has 0 saturated carbocycles. The molecule has 0 spiro atoms. The van der Waals surface area contributed by atoms with Crippen LogP contribution in [0.5, 0.6) is 0 Å². The van der Waals surface area contributed by atoms with Gasteiger partial charge in [0.1, 0.15) is 5.92 Å². The van der Waals surface area contributed by atoms with Gasteiger partial charge in [-0.1, -0.05) is 36.4 Å². The predicted molar refractivity (Wildman–Crippen MR) is 60.2 cm³/mol. The molecule has 1 heterocycles. The van der Waals surface area contributed by atoms with Crippen molar-refractivity contribution in [1.82, 2.24) is 5.32 Å². The maximum atomic E-state index is 11.6. The Labute approximate surface area is 94.4 Å². The van der Waals surface area contributed by atoms with Crippen LogP contribution in [0.2, 0.25) is 0 Å². The quantitative estimate of drug-likeness (QED) is 0.723. The van der Waals surface area contributed by atoms with Gasteiger partial charge in [0, 0.05) is 0 Å². The fraction of sp³-hybridized carbons (Fsp3) is 0.231. The van der Waals surface area contributed by atoms with Crippen LogP contribution in [-0.2, 0) is 4.79 Å². The summed E-state index contributed by atoms with van der Waals surface area (Å²) in [6.45, 7) is 1.82. The fourth-order valence-corrected chi connectivity index (χ4v) is 1.84. The minimum Gasteiger partial charge on any atom is -0.344 e. The SMILES string of the molecule is CC1=CC(c2ccccc2)NC(=O)C1C#N. The van der Waals surface area contributed by atoms with Crippen LogP contribution in [-0.4, -0.2) is 5.91 Å². The predicted octanol–water partition coefficient (Wildman–Crippen LogP) is 1.94. The highest BCUT2D eigenvalue weighted by molar-refractivity contribution is 5.86. The van der Waals surface area contributed by atoms with Crippen molar-refractivity contribution < 1.29 is 4.79 Å². The van der Waals surface area contributed by atoms with Gasteiger partial charge >= 0.3 is 0 Å². The Hall–Kier alpha value is -2.08. The van der Waals surface area contributed by atoms with E-state index in [9.17, 15) is 4.79 Å². The van der Waals surface area contributed by atoms with Crippen molar-refractivity contribution in [1.29, 1.82) is 5.26 Å². The van der Waals surface area contributed by atoms with Crippen LogP contribution in [0.25, 0.3) is 0 Å². The number of carbonyl (C=O) groups excluding carboxylic acids is 1. The number of hydrogen-bond acceptors (Lipinski definition) is 2. The highest BCUT2D eigenvalue weighted by Gasteiger charge is 2.27. The average Bonchev–Trinajstić information content (AvgIpc) is 2.30. The summed E-state index contributed by atoms with van der Waals surface area (Å²) < 4.78 is 0. The van der Waals surface area contributed by atoms with Gasteiger partial charge in [0.2, 0.25) is 5.91 Å². The van der Waals surface area contributed by atoms with Crippen molar-refractivity contribution >= 4 is 5.91 Å². The maximum Gasteiger partial charge on any atom is 0.242 e.